The van der Waals surface area contributed by atoms with Crippen LogP contribution in [0.2, 0.25) is 0 Å². The average molecular weight is 338 g/mol. The van der Waals surface area contributed by atoms with Gasteiger partial charge in [0.15, 0.2) is 0 Å². The number of hydrogen-bond donors (Lipinski definition) is 1. The summed E-state index contributed by atoms with van der Waals surface area (Å²) in [6, 6.07) is 2.47. The van der Waals surface area contributed by atoms with Crippen molar-refractivity contribution in [2.75, 3.05) is 23.3 Å². The predicted molar refractivity (Wildman–Crippen MR) is 98.9 cm³/mol. The minimum Gasteiger partial charge on any atom is -0.367 e. The van der Waals surface area contributed by atoms with Gasteiger partial charge in [-0.25, -0.2) is 19.9 Å². The van der Waals surface area contributed by atoms with E-state index in [2.05, 4.69) is 30.2 Å². The summed E-state index contributed by atoms with van der Waals surface area (Å²) < 4.78 is 0. The Labute approximate surface area is 149 Å². The molecular weight excluding hydrogens is 312 g/mol. The van der Waals surface area contributed by atoms with Crippen LogP contribution in [0.5, 0.6) is 0 Å². The van der Waals surface area contributed by atoms with Crippen LogP contribution in [0.1, 0.15) is 49.1 Å². The molecule has 0 radical (unpaired) electrons. The number of piperidine rings is 1. The van der Waals surface area contributed by atoms with E-state index in [1.54, 1.807) is 12.7 Å². The number of anilines is 2. The maximum Gasteiger partial charge on any atom is 0.135 e. The number of nitrogens with zero attached hydrogens (tertiary/aromatic N) is 5. The van der Waals surface area contributed by atoms with Crippen LogP contribution in [0.25, 0.3) is 0 Å². The van der Waals surface area contributed by atoms with E-state index in [0.29, 0.717) is 6.04 Å². The SMILES string of the molecule is Cc1cc(NC2CCN(c3ncnc4c3CCCCC4)CC2)ncn1. The van der Waals surface area contributed by atoms with Crippen LogP contribution in [0.3, 0.4) is 0 Å². The molecular formula is C19H26N6. The molecule has 2 aromatic heterocycles. The predicted octanol–water partition coefficient (Wildman–Crippen LogP) is 2.92. The third kappa shape index (κ3) is 3.72. The molecule has 2 aliphatic rings. The smallest absolute Gasteiger partial charge is 0.135 e. The Morgan fingerprint density at radius 1 is 0.960 bits per heavy atom. The molecule has 1 fully saturated rings. The van der Waals surface area contributed by atoms with Crippen molar-refractivity contribution in [3.63, 3.8) is 0 Å². The fourth-order valence-electron chi connectivity index (χ4n) is 3.93. The highest BCUT2D eigenvalue weighted by Crippen LogP contribution is 2.28. The second-order valence-electron chi connectivity index (χ2n) is 7.13. The summed E-state index contributed by atoms with van der Waals surface area (Å²) in [7, 11) is 0. The van der Waals surface area contributed by atoms with Gasteiger partial charge in [0.1, 0.15) is 24.3 Å². The van der Waals surface area contributed by atoms with Crippen LogP contribution < -0.4 is 10.2 Å². The van der Waals surface area contributed by atoms with Gasteiger partial charge in [-0.05, 0) is 45.4 Å². The maximum absolute atomic E-state index is 4.65. The largest absolute Gasteiger partial charge is 0.367 e. The highest BCUT2D eigenvalue weighted by Gasteiger charge is 2.24. The summed E-state index contributed by atoms with van der Waals surface area (Å²) in [5, 5.41) is 3.56. The first kappa shape index (κ1) is 16.2. The molecule has 1 aliphatic carbocycles. The molecule has 4 rings (SSSR count). The molecule has 0 unspecified atom stereocenters. The molecule has 25 heavy (non-hydrogen) atoms. The highest BCUT2D eigenvalue weighted by atomic mass is 15.2. The second-order valence-corrected chi connectivity index (χ2v) is 7.13. The topological polar surface area (TPSA) is 66.8 Å². The minimum absolute atomic E-state index is 0.464. The van der Waals surface area contributed by atoms with Gasteiger partial charge in [-0.3, -0.25) is 0 Å². The van der Waals surface area contributed by atoms with E-state index >= 15 is 0 Å². The maximum atomic E-state index is 4.65. The number of aromatic nitrogens is 4. The van der Waals surface area contributed by atoms with Crippen molar-refractivity contribution in [3.05, 3.63) is 35.7 Å². The van der Waals surface area contributed by atoms with Gasteiger partial charge in [0.05, 0.1) is 0 Å². The third-order valence-corrected chi connectivity index (χ3v) is 5.30. The first-order chi connectivity index (χ1) is 12.3. The molecule has 0 amide bonds. The molecule has 1 aliphatic heterocycles. The zero-order valence-corrected chi connectivity index (χ0v) is 14.9. The average Bonchev–Trinajstić information content (AvgIpc) is 2.88. The summed E-state index contributed by atoms with van der Waals surface area (Å²) in [6.07, 6.45) is 11.6. The van der Waals surface area contributed by atoms with Crippen molar-refractivity contribution >= 4 is 11.6 Å². The summed E-state index contributed by atoms with van der Waals surface area (Å²) in [6.45, 7) is 4.06. The molecule has 0 bridgehead atoms. The molecule has 1 N–H and O–H groups in total. The van der Waals surface area contributed by atoms with Gasteiger partial charge in [-0.2, -0.15) is 0 Å². The number of rotatable bonds is 3. The van der Waals surface area contributed by atoms with Gasteiger partial charge in [0.2, 0.25) is 0 Å². The van der Waals surface area contributed by atoms with Gasteiger partial charge < -0.3 is 10.2 Å². The second kappa shape index (κ2) is 7.33. The van der Waals surface area contributed by atoms with Crippen molar-refractivity contribution in [3.8, 4) is 0 Å². The zero-order chi connectivity index (χ0) is 17.1. The molecule has 2 aromatic rings. The molecule has 1 saturated heterocycles. The van der Waals surface area contributed by atoms with Crippen molar-refractivity contribution in [1.29, 1.82) is 0 Å². The minimum atomic E-state index is 0.464. The van der Waals surface area contributed by atoms with Crippen molar-refractivity contribution < 1.29 is 0 Å². The van der Waals surface area contributed by atoms with E-state index in [0.717, 1.165) is 50.3 Å². The molecule has 0 aromatic carbocycles. The highest BCUT2D eigenvalue weighted by molar-refractivity contribution is 5.50. The van der Waals surface area contributed by atoms with Crippen molar-refractivity contribution in [2.45, 2.75) is 57.9 Å². The Balaban J connectivity index is 1.42. The Bertz CT molecular complexity index is 724. The summed E-state index contributed by atoms with van der Waals surface area (Å²) in [5.41, 5.74) is 3.68. The first-order valence-electron chi connectivity index (χ1n) is 9.42. The Hall–Kier alpha value is -2.24. The summed E-state index contributed by atoms with van der Waals surface area (Å²) >= 11 is 0. The number of nitrogens with one attached hydrogen (secondary N) is 1. The monoisotopic (exact) mass is 338 g/mol. The fourth-order valence-corrected chi connectivity index (χ4v) is 3.93. The lowest BCUT2D eigenvalue weighted by Gasteiger charge is -2.34. The molecule has 0 atom stereocenters. The van der Waals surface area contributed by atoms with Gasteiger partial charge in [0, 0.05) is 42.1 Å². The summed E-state index contributed by atoms with van der Waals surface area (Å²) in [4.78, 5) is 20.1. The molecule has 0 saturated carbocycles. The van der Waals surface area contributed by atoms with Crippen LogP contribution in [0.4, 0.5) is 11.6 Å². The standard InChI is InChI=1S/C19H26N6/c1-14-11-18(22-12-20-14)24-15-7-9-25(10-8-15)19-16-5-3-2-4-6-17(16)21-13-23-19/h11-13,15H,2-10H2,1H3,(H,20,22,24). The molecule has 6 heteroatoms. The molecule has 3 heterocycles. The lowest BCUT2D eigenvalue weighted by Crippen LogP contribution is -2.40. The van der Waals surface area contributed by atoms with Crippen molar-refractivity contribution in [2.24, 2.45) is 0 Å². The Kier molecular flexibility index (Phi) is 4.76. The van der Waals surface area contributed by atoms with Gasteiger partial charge in [0.25, 0.3) is 0 Å². The van der Waals surface area contributed by atoms with Crippen LogP contribution in [0, 0.1) is 6.92 Å². The lowest BCUT2D eigenvalue weighted by molar-refractivity contribution is 0.520. The number of hydrogen-bond acceptors (Lipinski definition) is 6. The molecule has 6 nitrogen and oxygen atoms in total. The van der Waals surface area contributed by atoms with Crippen LogP contribution >= 0.6 is 0 Å². The van der Waals surface area contributed by atoms with Crippen LogP contribution in [-0.4, -0.2) is 39.1 Å². The zero-order valence-electron chi connectivity index (χ0n) is 14.9. The Morgan fingerprint density at radius 2 is 1.76 bits per heavy atom. The van der Waals surface area contributed by atoms with Gasteiger partial charge >= 0.3 is 0 Å². The molecule has 0 spiro atoms. The van der Waals surface area contributed by atoms with E-state index in [1.165, 1.54) is 36.3 Å². The van der Waals surface area contributed by atoms with Crippen LogP contribution in [0.15, 0.2) is 18.7 Å². The quantitative estimate of drug-likeness (QED) is 0.868. The van der Waals surface area contributed by atoms with E-state index in [-0.39, 0.29) is 0 Å². The van der Waals surface area contributed by atoms with Crippen molar-refractivity contribution in [1.82, 2.24) is 19.9 Å². The van der Waals surface area contributed by atoms with Gasteiger partial charge in [-0.1, -0.05) is 6.42 Å². The summed E-state index contributed by atoms with van der Waals surface area (Å²) in [5.74, 6) is 2.12. The molecule has 132 valence electrons. The Morgan fingerprint density at radius 3 is 2.60 bits per heavy atom. The normalized spacial score (nSPS) is 18.5. The van der Waals surface area contributed by atoms with Gasteiger partial charge in [-0.15, -0.1) is 0 Å². The lowest BCUT2D eigenvalue weighted by atomic mass is 10.0. The van der Waals surface area contributed by atoms with Crippen LogP contribution in [-0.2, 0) is 12.8 Å². The van der Waals surface area contributed by atoms with E-state index < -0.39 is 0 Å². The fraction of sp³-hybridized carbons (Fsp3) is 0.579. The van der Waals surface area contributed by atoms with E-state index in [9.17, 15) is 0 Å². The first-order valence-corrected chi connectivity index (χ1v) is 9.42. The number of aryl methyl sites for hydroxylation is 2. The third-order valence-electron chi connectivity index (χ3n) is 5.30. The van der Waals surface area contributed by atoms with E-state index in [1.807, 2.05) is 13.0 Å². The number of fused-ring (bicyclic) bond motifs is 1. The van der Waals surface area contributed by atoms with E-state index in [4.69, 9.17) is 0 Å².